The van der Waals surface area contributed by atoms with Gasteiger partial charge >= 0.3 is 5.97 Å². The molecule has 2 aromatic rings. The molecule has 0 aliphatic heterocycles. The van der Waals surface area contributed by atoms with Crippen LogP contribution in [0, 0.1) is 23.7 Å². The van der Waals surface area contributed by atoms with E-state index in [2.05, 4.69) is 10.4 Å². The standard InChI is InChI=1S/C23H26ClN3O4/c1-31-17-4-2-3-13(8-17)11-25-18-12-26-27(21(28)20(18)24)23-9-14-5-15(10-23)7-16(6-14)19(23)22(29)30/h2-4,8,12,14-16,19,25H,5-7,9-11H2,1H3,(H,29,30). The Morgan fingerprint density at radius 3 is 2.74 bits per heavy atom. The van der Waals surface area contributed by atoms with Crippen LogP contribution in [-0.2, 0) is 16.9 Å². The Balaban J connectivity index is 1.46. The molecule has 164 valence electrons. The number of carboxylic acid groups (broad SMARTS) is 1. The SMILES string of the molecule is COc1cccc(CNc2cnn(C34CC5CC(CC(C5)C3C(=O)O)C4)c(=O)c2Cl)c1. The molecule has 3 unspecified atom stereocenters. The third-order valence-corrected chi connectivity index (χ3v) is 7.86. The van der Waals surface area contributed by atoms with Gasteiger partial charge in [0.05, 0.1) is 30.5 Å². The van der Waals surface area contributed by atoms with Crippen LogP contribution in [-0.4, -0.2) is 28.0 Å². The van der Waals surface area contributed by atoms with Gasteiger partial charge in [0, 0.05) is 6.54 Å². The largest absolute Gasteiger partial charge is 0.497 e. The van der Waals surface area contributed by atoms with E-state index in [9.17, 15) is 14.7 Å². The summed E-state index contributed by atoms with van der Waals surface area (Å²) >= 11 is 6.48. The smallest absolute Gasteiger partial charge is 0.309 e. The number of methoxy groups -OCH3 is 1. The molecule has 3 atom stereocenters. The fourth-order valence-corrected chi connectivity index (χ4v) is 6.78. The summed E-state index contributed by atoms with van der Waals surface area (Å²) in [7, 11) is 1.61. The Bertz CT molecular complexity index is 1070. The van der Waals surface area contributed by atoms with Crippen molar-refractivity contribution in [1.29, 1.82) is 0 Å². The highest BCUT2D eigenvalue weighted by Gasteiger charge is 2.61. The molecular formula is C23H26ClN3O4. The summed E-state index contributed by atoms with van der Waals surface area (Å²) in [5, 5.41) is 17.7. The number of nitrogens with one attached hydrogen (secondary N) is 1. The molecule has 0 radical (unpaired) electrons. The van der Waals surface area contributed by atoms with Crippen molar-refractivity contribution >= 4 is 23.3 Å². The third kappa shape index (κ3) is 3.30. The Morgan fingerprint density at radius 2 is 2.06 bits per heavy atom. The zero-order valence-corrected chi connectivity index (χ0v) is 18.1. The number of benzene rings is 1. The highest BCUT2D eigenvalue weighted by molar-refractivity contribution is 6.32. The molecule has 4 aliphatic carbocycles. The van der Waals surface area contributed by atoms with Gasteiger partial charge < -0.3 is 15.2 Å². The van der Waals surface area contributed by atoms with Crippen molar-refractivity contribution in [2.75, 3.05) is 12.4 Å². The van der Waals surface area contributed by atoms with Gasteiger partial charge in [-0.05, 0) is 67.6 Å². The predicted octanol–water partition coefficient (Wildman–Crippen LogP) is 3.75. The second kappa shape index (κ2) is 7.55. The lowest BCUT2D eigenvalue weighted by Crippen LogP contribution is -2.63. The topological polar surface area (TPSA) is 93.4 Å². The number of carboxylic acids is 1. The van der Waals surface area contributed by atoms with Crippen LogP contribution in [0.3, 0.4) is 0 Å². The van der Waals surface area contributed by atoms with E-state index in [0.29, 0.717) is 36.9 Å². The Labute approximate surface area is 185 Å². The Hall–Kier alpha value is -2.54. The average Bonchev–Trinajstić information content (AvgIpc) is 2.73. The summed E-state index contributed by atoms with van der Waals surface area (Å²) < 4.78 is 6.66. The number of halogens is 1. The molecule has 2 N–H and O–H groups in total. The monoisotopic (exact) mass is 443 g/mol. The van der Waals surface area contributed by atoms with Crippen LogP contribution >= 0.6 is 11.6 Å². The fourth-order valence-electron chi connectivity index (χ4n) is 6.59. The van der Waals surface area contributed by atoms with Gasteiger partial charge in [-0.3, -0.25) is 9.59 Å². The summed E-state index contributed by atoms with van der Waals surface area (Å²) in [5.41, 5.74) is 0.242. The first-order valence-corrected chi connectivity index (χ1v) is 11.2. The van der Waals surface area contributed by atoms with E-state index in [4.69, 9.17) is 16.3 Å². The van der Waals surface area contributed by atoms with Gasteiger partial charge in [0.15, 0.2) is 0 Å². The number of rotatable bonds is 6. The predicted molar refractivity (Wildman–Crippen MR) is 116 cm³/mol. The number of hydrogen-bond donors (Lipinski definition) is 2. The maximum atomic E-state index is 13.3. The van der Waals surface area contributed by atoms with E-state index >= 15 is 0 Å². The summed E-state index contributed by atoms with van der Waals surface area (Å²) in [4.78, 5) is 25.5. The lowest BCUT2D eigenvalue weighted by atomic mass is 9.48. The number of anilines is 1. The zero-order chi connectivity index (χ0) is 21.8. The van der Waals surface area contributed by atoms with Gasteiger partial charge in [-0.2, -0.15) is 5.10 Å². The van der Waals surface area contributed by atoms with Crippen molar-refractivity contribution in [2.24, 2.45) is 23.7 Å². The first-order chi connectivity index (χ1) is 14.9. The van der Waals surface area contributed by atoms with Gasteiger partial charge in [-0.15, -0.1) is 0 Å². The molecule has 6 rings (SSSR count). The Kier molecular flexibility index (Phi) is 4.96. The number of aromatic nitrogens is 2. The van der Waals surface area contributed by atoms with Gasteiger partial charge in [-0.1, -0.05) is 23.7 Å². The van der Waals surface area contributed by atoms with Gasteiger partial charge in [0.25, 0.3) is 5.56 Å². The molecule has 0 spiro atoms. The minimum Gasteiger partial charge on any atom is -0.497 e. The molecule has 4 fully saturated rings. The van der Waals surface area contributed by atoms with Gasteiger partial charge in [-0.25, -0.2) is 4.68 Å². The molecule has 1 heterocycles. The lowest BCUT2D eigenvalue weighted by molar-refractivity contribution is -0.168. The van der Waals surface area contributed by atoms with E-state index in [1.165, 1.54) is 4.68 Å². The second-order valence-electron chi connectivity index (χ2n) is 9.32. The van der Waals surface area contributed by atoms with Crippen molar-refractivity contribution in [1.82, 2.24) is 9.78 Å². The molecule has 8 heteroatoms. The van der Waals surface area contributed by atoms with Gasteiger partial charge in [0.2, 0.25) is 0 Å². The number of carbonyl (C=O) groups is 1. The normalized spacial score (nSPS) is 30.9. The van der Waals surface area contributed by atoms with E-state index in [-0.39, 0.29) is 10.9 Å². The molecule has 4 bridgehead atoms. The Morgan fingerprint density at radius 1 is 1.32 bits per heavy atom. The molecule has 1 aromatic carbocycles. The van der Waals surface area contributed by atoms with Crippen molar-refractivity contribution < 1.29 is 14.6 Å². The summed E-state index contributed by atoms with van der Waals surface area (Å²) in [6.45, 7) is 0.456. The van der Waals surface area contributed by atoms with Crippen molar-refractivity contribution in [3.05, 3.63) is 51.4 Å². The van der Waals surface area contributed by atoms with Crippen molar-refractivity contribution in [2.45, 2.75) is 44.2 Å². The lowest BCUT2D eigenvalue weighted by Gasteiger charge is -2.59. The highest BCUT2D eigenvalue weighted by atomic mass is 35.5. The highest BCUT2D eigenvalue weighted by Crippen LogP contribution is 2.61. The minimum absolute atomic E-state index is 0.0535. The van der Waals surface area contributed by atoms with Crippen LogP contribution in [0.1, 0.15) is 37.7 Å². The number of ether oxygens (including phenoxy) is 1. The van der Waals surface area contributed by atoms with E-state index in [1.54, 1.807) is 13.3 Å². The number of nitrogens with zero attached hydrogens (tertiary/aromatic N) is 2. The maximum Gasteiger partial charge on any atom is 0.309 e. The molecular weight excluding hydrogens is 418 g/mol. The summed E-state index contributed by atoms with van der Waals surface area (Å²) in [6, 6.07) is 7.61. The van der Waals surface area contributed by atoms with Crippen LogP contribution in [0.5, 0.6) is 5.75 Å². The van der Waals surface area contributed by atoms with Crippen molar-refractivity contribution in [3.8, 4) is 5.75 Å². The van der Waals surface area contributed by atoms with Crippen LogP contribution in [0.25, 0.3) is 0 Å². The van der Waals surface area contributed by atoms with Crippen molar-refractivity contribution in [3.63, 3.8) is 0 Å². The van der Waals surface area contributed by atoms with E-state index in [1.807, 2.05) is 24.3 Å². The number of aliphatic carboxylic acids is 1. The van der Waals surface area contributed by atoms with E-state index < -0.39 is 23.0 Å². The van der Waals surface area contributed by atoms with Gasteiger partial charge in [0.1, 0.15) is 10.8 Å². The minimum atomic E-state index is -0.825. The molecule has 0 amide bonds. The quantitative estimate of drug-likeness (QED) is 0.706. The maximum absolute atomic E-state index is 13.3. The summed E-state index contributed by atoms with van der Waals surface area (Å²) in [5.74, 6) is 0.381. The second-order valence-corrected chi connectivity index (χ2v) is 9.70. The summed E-state index contributed by atoms with van der Waals surface area (Å²) in [6.07, 6.45) is 5.96. The fraction of sp³-hybridized carbons (Fsp3) is 0.522. The molecule has 31 heavy (non-hydrogen) atoms. The van der Waals surface area contributed by atoms with Crippen LogP contribution in [0.15, 0.2) is 35.3 Å². The first-order valence-electron chi connectivity index (χ1n) is 10.8. The molecule has 4 aliphatic rings. The molecule has 1 aromatic heterocycles. The first kappa shape index (κ1) is 20.4. The molecule has 4 saturated carbocycles. The van der Waals surface area contributed by atoms with Crippen LogP contribution < -0.4 is 15.6 Å². The zero-order valence-electron chi connectivity index (χ0n) is 17.4. The number of hydrogen-bond acceptors (Lipinski definition) is 5. The van der Waals surface area contributed by atoms with E-state index in [0.717, 1.165) is 30.6 Å². The third-order valence-electron chi connectivity index (χ3n) is 7.50. The van der Waals surface area contributed by atoms with Crippen LogP contribution in [0.4, 0.5) is 5.69 Å². The molecule has 0 saturated heterocycles. The van der Waals surface area contributed by atoms with Crippen LogP contribution in [0.2, 0.25) is 5.02 Å². The molecule has 7 nitrogen and oxygen atoms in total. The average molecular weight is 444 g/mol.